The summed E-state index contributed by atoms with van der Waals surface area (Å²) in [6, 6.07) is 0.111. The highest BCUT2D eigenvalue weighted by Gasteiger charge is 2.15. The molecule has 0 fully saturated rings. The topological polar surface area (TPSA) is 124 Å². The summed E-state index contributed by atoms with van der Waals surface area (Å²) >= 11 is 0. The van der Waals surface area contributed by atoms with Crippen LogP contribution in [0.4, 0.5) is 5.95 Å². The summed E-state index contributed by atoms with van der Waals surface area (Å²) in [6.45, 7) is 7.46. The van der Waals surface area contributed by atoms with Crippen LogP contribution in [-0.2, 0) is 20.7 Å². The Morgan fingerprint density at radius 3 is 2.58 bits per heavy atom. The fraction of sp³-hybridized carbons (Fsp3) is 0.588. The van der Waals surface area contributed by atoms with Crippen molar-refractivity contribution in [2.45, 2.75) is 59.4 Å². The molecule has 0 aliphatic carbocycles. The van der Waals surface area contributed by atoms with Gasteiger partial charge in [0, 0.05) is 23.9 Å². The van der Waals surface area contributed by atoms with Gasteiger partial charge in [0.25, 0.3) is 11.7 Å². The predicted octanol–water partition coefficient (Wildman–Crippen LogP) is 1.10. The van der Waals surface area contributed by atoms with Crippen LogP contribution in [0.1, 0.15) is 50.1 Å². The number of hydrogen-bond donors (Lipinski definition) is 2. The smallest absolute Gasteiger partial charge is 0.306 e. The van der Waals surface area contributed by atoms with Gasteiger partial charge < -0.3 is 15.8 Å². The van der Waals surface area contributed by atoms with Gasteiger partial charge in [0.1, 0.15) is 0 Å². The molecule has 0 aromatic carbocycles. The van der Waals surface area contributed by atoms with Crippen LogP contribution in [0.3, 0.4) is 0 Å². The molecule has 0 aliphatic rings. The quantitative estimate of drug-likeness (QED) is 0.674. The molecule has 3 N–H and O–H groups in total. The Bertz CT molecular complexity index is 797. The second-order valence-corrected chi connectivity index (χ2v) is 6.18. The van der Waals surface area contributed by atoms with Gasteiger partial charge in [-0.3, -0.25) is 9.59 Å². The summed E-state index contributed by atoms with van der Waals surface area (Å²) in [6.07, 6.45) is 2.28. The highest BCUT2D eigenvalue weighted by atomic mass is 16.5. The van der Waals surface area contributed by atoms with E-state index in [1.54, 1.807) is 4.52 Å². The van der Waals surface area contributed by atoms with E-state index in [9.17, 15) is 9.59 Å². The normalized spacial score (nSPS) is 11.1. The van der Waals surface area contributed by atoms with Crippen molar-refractivity contribution in [1.29, 1.82) is 0 Å². The second kappa shape index (κ2) is 8.59. The monoisotopic (exact) mass is 362 g/mol. The van der Waals surface area contributed by atoms with Gasteiger partial charge in [0.15, 0.2) is 6.61 Å². The first-order valence-corrected chi connectivity index (χ1v) is 8.79. The van der Waals surface area contributed by atoms with Crippen molar-refractivity contribution in [3.8, 4) is 0 Å². The Labute approximate surface area is 152 Å². The van der Waals surface area contributed by atoms with Crippen molar-refractivity contribution in [3.63, 3.8) is 0 Å². The van der Waals surface area contributed by atoms with E-state index in [1.807, 2.05) is 27.7 Å². The van der Waals surface area contributed by atoms with E-state index in [-0.39, 0.29) is 30.9 Å². The van der Waals surface area contributed by atoms with Crippen LogP contribution >= 0.6 is 0 Å². The lowest BCUT2D eigenvalue weighted by Gasteiger charge is -2.14. The number of amides is 1. The number of carbonyl (C=O) groups excluding carboxylic acids is 2. The molecule has 0 unspecified atom stereocenters. The van der Waals surface area contributed by atoms with Crippen LogP contribution in [0, 0.1) is 13.8 Å². The summed E-state index contributed by atoms with van der Waals surface area (Å²) in [4.78, 5) is 32.1. The third-order valence-corrected chi connectivity index (χ3v) is 4.36. The van der Waals surface area contributed by atoms with Crippen LogP contribution in [0.15, 0.2) is 0 Å². The molecule has 0 bridgehead atoms. The fourth-order valence-electron chi connectivity index (χ4n) is 2.79. The molecular formula is C17H26N6O3. The zero-order valence-electron chi connectivity index (χ0n) is 15.7. The number of anilines is 1. The van der Waals surface area contributed by atoms with E-state index in [4.69, 9.17) is 10.5 Å². The molecule has 2 aromatic rings. The van der Waals surface area contributed by atoms with Gasteiger partial charge >= 0.3 is 5.97 Å². The van der Waals surface area contributed by atoms with Crippen molar-refractivity contribution in [1.82, 2.24) is 24.9 Å². The first kappa shape index (κ1) is 19.6. The average Bonchev–Trinajstić information content (AvgIpc) is 2.98. The number of fused-ring (bicyclic) bond motifs is 1. The largest absolute Gasteiger partial charge is 0.456 e. The number of ether oxygens (including phenoxy) is 1. The maximum Gasteiger partial charge on any atom is 0.306 e. The molecule has 0 saturated carbocycles. The summed E-state index contributed by atoms with van der Waals surface area (Å²) in [5.41, 5.74) is 8.09. The van der Waals surface area contributed by atoms with E-state index < -0.39 is 5.97 Å². The Kier molecular flexibility index (Phi) is 6.48. The number of aromatic nitrogens is 4. The molecule has 2 aromatic heterocycles. The van der Waals surface area contributed by atoms with Gasteiger partial charge in [-0.1, -0.05) is 13.8 Å². The van der Waals surface area contributed by atoms with Crippen molar-refractivity contribution >= 4 is 23.6 Å². The molecule has 2 rings (SSSR count). The van der Waals surface area contributed by atoms with Gasteiger partial charge in [-0.25, -0.2) is 4.98 Å². The molecular weight excluding hydrogens is 336 g/mol. The lowest BCUT2D eigenvalue weighted by Crippen LogP contribution is -2.36. The third kappa shape index (κ3) is 4.68. The predicted molar refractivity (Wildman–Crippen MR) is 96.5 cm³/mol. The SMILES string of the molecule is CCC(CC)NC(=O)COC(=O)CCc1c(C)nc2nc(N)nn2c1C. The Morgan fingerprint density at radius 2 is 1.92 bits per heavy atom. The number of nitrogens with zero attached hydrogens (tertiary/aromatic N) is 4. The average molecular weight is 362 g/mol. The molecule has 142 valence electrons. The minimum absolute atomic E-state index is 0.111. The van der Waals surface area contributed by atoms with Crippen LogP contribution in [-0.4, -0.2) is 44.1 Å². The number of nitrogen functional groups attached to an aromatic ring is 1. The van der Waals surface area contributed by atoms with Gasteiger partial charge in [-0.05, 0) is 38.7 Å². The summed E-state index contributed by atoms with van der Waals surface area (Å²) in [5, 5.41) is 6.93. The second-order valence-electron chi connectivity index (χ2n) is 6.18. The van der Waals surface area contributed by atoms with Gasteiger partial charge in [0.05, 0.1) is 0 Å². The molecule has 0 saturated heterocycles. The van der Waals surface area contributed by atoms with Crippen molar-refractivity contribution in [2.75, 3.05) is 12.3 Å². The molecule has 0 radical (unpaired) electrons. The number of aryl methyl sites for hydroxylation is 2. The maximum absolute atomic E-state index is 12.0. The number of hydrogen-bond acceptors (Lipinski definition) is 7. The van der Waals surface area contributed by atoms with Gasteiger partial charge in [-0.15, -0.1) is 5.10 Å². The Morgan fingerprint density at radius 1 is 1.23 bits per heavy atom. The van der Waals surface area contributed by atoms with Crippen molar-refractivity contribution in [2.24, 2.45) is 0 Å². The Hall–Kier alpha value is -2.71. The summed E-state index contributed by atoms with van der Waals surface area (Å²) < 4.78 is 6.62. The number of nitrogens with one attached hydrogen (secondary N) is 1. The minimum atomic E-state index is -0.429. The van der Waals surface area contributed by atoms with E-state index in [0.29, 0.717) is 12.2 Å². The van der Waals surface area contributed by atoms with Gasteiger partial charge in [-0.2, -0.15) is 9.50 Å². The zero-order chi connectivity index (χ0) is 19.3. The molecule has 2 heterocycles. The molecule has 1 amide bonds. The Balaban J connectivity index is 1.91. The number of rotatable bonds is 8. The zero-order valence-corrected chi connectivity index (χ0v) is 15.7. The van der Waals surface area contributed by atoms with Crippen LogP contribution < -0.4 is 11.1 Å². The minimum Gasteiger partial charge on any atom is -0.456 e. The summed E-state index contributed by atoms with van der Waals surface area (Å²) in [5.74, 6) is -0.121. The maximum atomic E-state index is 12.0. The standard InChI is InChI=1S/C17H26N6O3/c1-5-12(6-2)20-14(24)9-26-15(25)8-7-13-10(3)19-17-21-16(18)22-23(17)11(13)4/h12H,5-9H2,1-4H3,(H2,18,22)(H,20,24). The number of nitrogens with two attached hydrogens (primary N) is 1. The fourth-order valence-corrected chi connectivity index (χ4v) is 2.79. The van der Waals surface area contributed by atoms with Crippen LogP contribution in [0.5, 0.6) is 0 Å². The first-order chi connectivity index (χ1) is 12.3. The highest BCUT2D eigenvalue weighted by molar-refractivity contribution is 5.80. The molecule has 0 atom stereocenters. The van der Waals surface area contributed by atoms with Crippen LogP contribution in [0.2, 0.25) is 0 Å². The van der Waals surface area contributed by atoms with E-state index in [0.717, 1.165) is 29.8 Å². The van der Waals surface area contributed by atoms with Crippen LogP contribution in [0.25, 0.3) is 5.78 Å². The lowest BCUT2D eigenvalue weighted by molar-refractivity contribution is -0.148. The third-order valence-electron chi connectivity index (χ3n) is 4.36. The number of esters is 1. The number of carbonyl (C=O) groups is 2. The first-order valence-electron chi connectivity index (χ1n) is 8.79. The molecule has 0 aliphatic heterocycles. The van der Waals surface area contributed by atoms with E-state index in [2.05, 4.69) is 20.4 Å². The molecule has 0 spiro atoms. The van der Waals surface area contributed by atoms with E-state index in [1.165, 1.54) is 0 Å². The summed E-state index contributed by atoms with van der Waals surface area (Å²) in [7, 11) is 0. The molecule has 9 heteroatoms. The lowest BCUT2D eigenvalue weighted by atomic mass is 10.1. The molecule has 9 nitrogen and oxygen atoms in total. The van der Waals surface area contributed by atoms with Crippen molar-refractivity contribution < 1.29 is 14.3 Å². The molecule has 26 heavy (non-hydrogen) atoms. The van der Waals surface area contributed by atoms with Crippen molar-refractivity contribution in [3.05, 3.63) is 17.0 Å². The highest BCUT2D eigenvalue weighted by Crippen LogP contribution is 2.16. The van der Waals surface area contributed by atoms with E-state index >= 15 is 0 Å². The van der Waals surface area contributed by atoms with Gasteiger partial charge in [0.2, 0.25) is 5.95 Å².